The summed E-state index contributed by atoms with van der Waals surface area (Å²) in [7, 11) is 0. The van der Waals surface area contributed by atoms with Gasteiger partial charge >= 0.3 is 0 Å². The number of hydrogen-bond donors (Lipinski definition) is 0. The average molecular weight is 461 g/mol. The molecule has 1 saturated heterocycles. The van der Waals surface area contributed by atoms with Gasteiger partial charge in [0, 0.05) is 11.5 Å². The molecule has 0 aromatic heterocycles. The Bertz CT molecular complexity index is 918. The van der Waals surface area contributed by atoms with E-state index in [9.17, 15) is 13.2 Å². The van der Waals surface area contributed by atoms with Crippen molar-refractivity contribution in [3.05, 3.63) is 70.5 Å². The normalized spacial score (nSPS) is 18.7. The molecule has 1 aliphatic rings. The van der Waals surface area contributed by atoms with E-state index in [4.69, 9.17) is 9.47 Å². The topological polar surface area (TPSA) is 18.5 Å². The van der Waals surface area contributed by atoms with E-state index in [-0.39, 0.29) is 23.0 Å². The first-order valence-corrected chi connectivity index (χ1v) is 12.2. The molecule has 2 unspecified atom stereocenters. The number of ether oxygens (including phenoxy) is 2. The van der Waals surface area contributed by atoms with E-state index in [1.165, 1.54) is 31.4 Å². The molecule has 0 saturated carbocycles. The van der Waals surface area contributed by atoms with Crippen LogP contribution in [0.15, 0.2) is 36.4 Å². The second-order valence-electron chi connectivity index (χ2n) is 8.92. The molecule has 0 radical (unpaired) electrons. The van der Waals surface area contributed by atoms with Gasteiger partial charge in [0.1, 0.15) is 5.82 Å². The summed E-state index contributed by atoms with van der Waals surface area (Å²) in [5.41, 5.74) is 1.65. The SMILES string of the molecule is CCCCCCCCOc1ccc(C2CCC(/C=C/c3ccc(C)c(F)c3)CO2)c(F)c1F. The Morgan fingerprint density at radius 2 is 1.76 bits per heavy atom. The Morgan fingerprint density at radius 1 is 0.970 bits per heavy atom. The quantitative estimate of drug-likeness (QED) is 0.314. The minimum atomic E-state index is -0.939. The van der Waals surface area contributed by atoms with Crippen LogP contribution in [0.3, 0.4) is 0 Å². The minimum Gasteiger partial charge on any atom is -0.490 e. The average Bonchev–Trinajstić information content (AvgIpc) is 2.82. The third-order valence-electron chi connectivity index (χ3n) is 6.25. The molecule has 180 valence electrons. The van der Waals surface area contributed by atoms with Gasteiger partial charge in [0.15, 0.2) is 11.6 Å². The van der Waals surface area contributed by atoms with Gasteiger partial charge in [-0.05, 0) is 55.5 Å². The van der Waals surface area contributed by atoms with E-state index in [2.05, 4.69) is 6.92 Å². The highest BCUT2D eigenvalue weighted by molar-refractivity contribution is 5.50. The van der Waals surface area contributed by atoms with E-state index in [0.29, 0.717) is 25.2 Å². The lowest BCUT2D eigenvalue weighted by Crippen LogP contribution is -2.20. The van der Waals surface area contributed by atoms with Crippen molar-refractivity contribution >= 4 is 6.08 Å². The highest BCUT2D eigenvalue weighted by Crippen LogP contribution is 2.35. The Balaban J connectivity index is 1.49. The number of aryl methyl sites for hydroxylation is 1. The lowest BCUT2D eigenvalue weighted by atomic mass is 9.93. The van der Waals surface area contributed by atoms with Gasteiger partial charge in [-0.1, -0.05) is 63.3 Å². The molecule has 3 rings (SSSR count). The maximum absolute atomic E-state index is 14.7. The van der Waals surface area contributed by atoms with Crippen LogP contribution < -0.4 is 4.74 Å². The van der Waals surface area contributed by atoms with Crippen LogP contribution in [-0.2, 0) is 4.74 Å². The van der Waals surface area contributed by atoms with Gasteiger partial charge in [0.2, 0.25) is 5.82 Å². The van der Waals surface area contributed by atoms with E-state index in [1.807, 2.05) is 18.2 Å². The van der Waals surface area contributed by atoms with Crippen molar-refractivity contribution in [2.45, 2.75) is 71.3 Å². The van der Waals surface area contributed by atoms with Gasteiger partial charge in [0.05, 0.1) is 19.3 Å². The van der Waals surface area contributed by atoms with Gasteiger partial charge in [-0.3, -0.25) is 0 Å². The molecule has 0 spiro atoms. The first-order chi connectivity index (χ1) is 16.0. The van der Waals surface area contributed by atoms with Crippen molar-refractivity contribution in [3.8, 4) is 5.75 Å². The highest BCUT2D eigenvalue weighted by atomic mass is 19.2. The van der Waals surface area contributed by atoms with Crippen LogP contribution in [0.5, 0.6) is 5.75 Å². The summed E-state index contributed by atoms with van der Waals surface area (Å²) in [6.07, 6.45) is 11.4. The smallest absolute Gasteiger partial charge is 0.200 e. The van der Waals surface area contributed by atoms with Gasteiger partial charge < -0.3 is 9.47 Å². The zero-order valence-corrected chi connectivity index (χ0v) is 19.7. The molecule has 0 N–H and O–H groups in total. The van der Waals surface area contributed by atoms with Crippen LogP contribution in [0.4, 0.5) is 13.2 Å². The largest absolute Gasteiger partial charge is 0.490 e. The zero-order valence-electron chi connectivity index (χ0n) is 19.7. The number of unbranched alkanes of at least 4 members (excludes halogenated alkanes) is 5. The fraction of sp³-hybridized carbons (Fsp3) is 0.500. The second kappa shape index (κ2) is 12.8. The van der Waals surface area contributed by atoms with Crippen molar-refractivity contribution in [3.63, 3.8) is 0 Å². The zero-order chi connectivity index (χ0) is 23.6. The van der Waals surface area contributed by atoms with Crippen LogP contribution >= 0.6 is 0 Å². The molecule has 1 fully saturated rings. The first-order valence-electron chi connectivity index (χ1n) is 12.2. The van der Waals surface area contributed by atoms with Gasteiger partial charge in [-0.25, -0.2) is 8.78 Å². The molecule has 2 atom stereocenters. The molecule has 2 aromatic carbocycles. The summed E-state index contributed by atoms with van der Waals surface area (Å²) in [5, 5.41) is 0. The number of halogens is 3. The number of hydrogen-bond acceptors (Lipinski definition) is 2. The molecule has 1 heterocycles. The van der Waals surface area contributed by atoms with Gasteiger partial charge in [0.25, 0.3) is 0 Å². The summed E-state index contributed by atoms with van der Waals surface area (Å²) < 4.78 is 54.3. The third kappa shape index (κ3) is 7.36. The van der Waals surface area contributed by atoms with Crippen molar-refractivity contribution in [2.24, 2.45) is 5.92 Å². The lowest BCUT2D eigenvalue weighted by Gasteiger charge is -2.28. The Hall–Kier alpha value is -2.27. The van der Waals surface area contributed by atoms with Gasteiger partial charge in [-0.2, -0.15) is 4.39 Å². The molecule has 0 bridgehead atoms. The fourth-order valence-corrected chi connectivity index (χ4v) is 4.10. The summed E-state index contributed by atoms with van der Waals surface area (Å²) in [6, 6.07) is 8.21. The van der Waals surface area contributed by atoms with Crippen LogP contribution in [0.2, 0.25) is 0 Å². The van der Waals surface area contributed by atoms with Crippen LogP contribution in [0.25, 0.3) is 6.08 Å². The predicted molar refractivity (Wildman–Crippen MR) is 127 cm³/mol. The first kappa shape index (κ1) is 25.4. The molecule has 1 aliphatic heterocycles. The van der Waals surface area contributed by atoms with Crippen molar-refractivity contribution in [2.75, 3.05) is 13.2 Å². The Morgan fingerprint density at radius 3 is 2.48 bits per heavy atom. The summed E-state index contributed by atoms with van der Waals surface area (Å²) >= 11 is 0. The van der Waals surface area contributed by atoms with E-state index < -0.39 is 17.7 Å². The maximum atomic E-state index is 14.7. The molecule has 0 aliphatic carbocycles. The highest BCUT2D eigenvalue weighted by Gasteiger charge is 2.26. The van der Waals surface area contributed by atoms with E-state index in [0.717, 1.165) is 31.2 Å². The second-order valence-corrected chi connectivity index (χ2v) is 8.92. The summed E-state index contributed by atoms with van der Waals surface area (Å²) in [6.45, 7) is 4.70. The van der Waals surface area contributed by atoms with Gasteiger partial charge in [-0.15, -0.1) is 0 Å². The summed E-state index contributed by atoms with van der Waals surface area (Å²) in [4.78, 5) is 0. The fourth-order valence-electron chi connectivity index (χ4n) is 4.10. The van der Waals surface area contributed by atoms with Crippen LogP contribution in [-0.4, -0.2) is 13.2 Å². The number of rotatable bonds is 11. The molecule has 5 heteroatoms. The van der Waals surface area contributed by atoms with Crippen LogP contribution in [0.1, 0.15) is 81.1 Å². The van der Waals surface area contributed by atoms with Crippen molar-refractivity contribution in [1.29, 1.82) is 0 Å². The van der Waals surface area contributed by atoms with E-state index >= 15 is 0 Å². The lowest BCUT2D eigenvalue weighted by molar-refractivity contribution is -0.00732. The molecule has 0 amide bonds. The third-order valence-corrected chi connectivity index (χ3v) is 6.25. The molecular weight excluding hydrogens is 425 g/mol. The molecule has 2 nitrogen and oxygen atoms in total. The molecule has 33 heavy (non-hydrogen) atoms. The standard InChI is InChI=1S/C28H35F3O2/c1-3-4-5-6-7-8-17-32-26-16-14-23(27(30)28(26)31)25-15-13-22(19-33-25)12-11-21-10-9-20(2)24(29)18-21/h9-12,14,16,18,22,25H,3-8,13,15,17,19H2,1-2H3/b12-11+. The molecule has 2 aromatic rings. The Kier molecular flexibility index (Phi) is 9.86. The Labute approximate surface area is 195 Å². The minimum absolute atomic E-state index is 0.0354. The van der Waals surface area contributed by atoms with Crippen molar-refractivity contribution < 1.29 is 22.6 Å². The van der Waals surface area contributed by atoms with Crippen molar-refractivity contribution in [1.82, 2.24) is 0 Å². The predicted octanol–water partition coefficient (Wildman–Crippen LogP) is 8.33. The molecular formula is C28H35F3O2. The van der Waals surface area contributed by atoms with Crippen LogP contribution in [0, 0.1) is 30.3 Å². The maximum Gasteiger partial charge on any atom is 0.200 e. The monoisotopic (exact) mass is 460 g/mol. The summed E-state index contributed by atoms with van der Waals surface area (Å²) in [5.74, 6) is -1.94. The number of benzene rings is 2. The van der Waals surface area contributed by atoms with E-state index in [1.54, 1.807) is 19.1 Å².